The Bertz CT molecular complexity index is 290. The molecular formula is C11H15OSi3. The van der Waals surface area contributed by atoms with E-state index in [0.29, 0.717) is 9.28 Å². The van der Waals surface area contributed by atoms with Gasteiger partial charge in [0.2, 0.25) is 19.8 Å². The summed E-state index contributed by atoms with van der Waals surface area (Å²) in [7, 11) is 2.58. The molecule has 2 rings (SSSR count). The second-order valence-corrected chi connectivity index (χ2v) is 12.5. The molecule has 1 fully saturated rings. The number of benzene rings is 1. The lowest BCUT2D eigenvalue weighted by molar-refractivity contribution is 0.668. The quantitative estimate of drug-likeness (QED) is 0.740. The van der Waals surface area contributed by atoms with E-state index in [-0.39, 0.29) is 0 Å². The van der Waals surface area contributed by atoms with Crippen LogP contribution in [0.2, 0.25) is 12.1 Å². The summed E-state index contributed by atoms with van der Waals surface area (Å²) in [5.74, 6) is 0. The first-order valence-corrected chi connectivity index (χ1v) is 10.3. The van der Waals surface area contributed by atoms with Gasteiger partial charge in [-0.1, -0.05) is 66.9 Å². The molecule has 4 heteroatoms. The van der Waals surface area contributed by atoms with Gasteiger partial charge < -0.3 is 4.12 Å². The summed E-state index contributed by atoms with van der Waals surface area (Å²) in [5, 5.41) is 1.58. The molecule has 0 spiro atoms. The molecule has 1 aromatic rings. The van der Waals surface area contributed by atoms with Gasteiger partial charge in [-0.2, -0.15) is 0 Å². The Kier molecular flexibility index (Phi) is 3.96. The summed E-state index contributed by atoms with van der Waals surface area (Å²) >= 11 is 0. The van der Waals surface area contributed by atoms with E-state index in [1.165, 1.54) is 31.4 Å². The fourth-order valence-electron chi connectivity index (χ4n) is 2.46. The molecule has 1 heterocycles. The monoisotopic (exact) mass is 247 g/mol. The zero-order valence-corrected chi connectivity index (χ0v) is 11.8. The van der Waals surface area contributed by atoms with E-state index in [4.69, 9.17) is 4.12 Å². The van der Waals surface area contributed by atoms with Gasteiger partial charge in [0.1, 0.15) is 7.59 Å². The second kappa shape index (κ2) is 5.25. The molecule has 1 nitrogen and oxygen atoms in total. The highest BCUT2D eigenvalue weighted by Crippen LogP contribution is 2.27. The zero-order valence-electron chi connectivity index (χ0n) is 8.83. The Balaban J connectivity index is 2.25. The summed E-state index contributed by atoms with van der Waals surface area (Å²) in [6, 6.07) is 13.8. The maximum Gasteiger partial charge on any atom is 0.229 e. The van der Waals surface area contributed by atoms with Crippen molar-refractivity contribution in [1.29, 1.82) is 0 Å². The summed E-state index contributed by atoms with van der Waals surface area (Å²) < 4.78 is 5.33. The van der Waals surface area contributed by atoms with Crippen molar-refractivity contribution in [2.45, 2.75) is 31.4 Å². The molecule has 0 bridgehead atoms. The van der Waals surface area contributed by atoms with Crippen LogP contribution in [0.3, 0.4) is 0 Å². The Morgan fingerprint density at radius 2 is 1.73 bits per heavy atom. The average Bonchev–Trinajstić information content (AvgIpc) is 2.32. The van der Waals surface area contributed by atoms with Gasteiger partial charge in [-0.05, 0) is 0 Å². The minimum Gasteiger partial charge on any atom is -0.460 e. The first-order valence-electron chi connectivity index (χ1n) is 5.53. The Hall–Kier alpha value is -0.169. The lowest BCUT2D eigenvalue weighted by Crippen LogP contribution is -2.55. The highest BCUT2D eigenvalue weighted by atomic mass is 29.2. The first kappa shape index (κ1) is 11.3. The van der Waals surface area contributed by atoms with Gasteiger partial charge in [0.25, 0.3) is 0 Å². The van der Waals surface area contributed by atoms with Crippen molar-refractivity contribution in [3.63, 3.8) is 0 Å². The highest BCUT2D eigenvalue weighted by Gasteiger charge is 2.37. The van der Waals surface area contributed by atoms with Gasteiger partial charge >= 0.3 is 0 Å². The van der Waals surface area contributed by atoms with E-state index < -0.39 is 7.59 Å². The van der Waals surface area contributed by atoms with Gasteiger partial charge in [-0.3, -0.25) is 0 Å². The van der Waals surface area contributed by atoms with Gasteiger partial charge in [0, 0.05) is 0 Å². The standard InChI is InChI=1S/C11H15OSi3/c13-12-14-15(9-5-2-6-10-15)11-7-3-1-4-8-11/h1,3-4,7-8H,2,5-6,9-10H2. The summed E-state index contributed by atoms with van der Waals surface area (Å²) in [5.41, 5.74) is 0. The third-order valence-corrected chi connectivity index (χ3v) is 12.4. The maximum absolute atomic E-state index is 5.33. The lowest BCUT2D eigenvalue weighted by atomic mass is 10.3. The Labute approximate surface area is 98.5 Å². The number of rotatable bonds is 3. The minimum absolute atomic E-state index is 0.664. The Morgan fingerprint density at radius 3 is 2.33 bits per heavy atom. The molecule has 0 amide bonds. The number of hydrogen-bond donors (Lipinski definition) is 0. The van der Waals surface area contributed by atoms with Crippen LogP contribution in [0.25, 0.3) is 0 Å². The second-order valence-electron chi connectivity index (χ2n) is 4.21. The Morgan fingerprint density at radius 1 is 1.07 bits per heavy atom. The van der Waals surface area contributed by atoms with Crippen molar-refractivity contribution < 1.29 is 4.12 Å². The summed E-state index contributed by atoms with van der Waals surface area (Å²) in [6.07, 6.45) is 4.20. The summed E-state index contributed by atoms with van der Waals surface area (Å²) in [4.78, 5) is 0. The smallest absolute Gasteiger partial charge is 0.229 e. The van der Waals surface area contributed by atoms with Crippen LogP contribution in [0.1, 0.15) is 19.3 Å². The third-order valence-electron chi connectivity index (χ3n) is 3.28. The largest absolute Gasteiger partial charge is 0.460 e. The van der Waals surface area contributed by atoms with Crippen LogP contribution in [0.15, 0.2) is 30.3 Å². The van der Waals surface area contributed by atoms with Crippen LogP contribution in [-0.4, -0.2) is 27.4 Å². The SMILES string of the molecule is [Si]O[Si][Si]1(c2ccccc2)CCCCC1. The molecule has 0 aliphatic carbocycles. The van der Waals surface area contributed by atoms with Crippen LogP contribution in [0.5, 0.6) is 0 Å². The molecule has 1 aromatic carbocycles. The molecule has 77 valence electrons. The van der Waals surface area contributed by atoms with Crippen LogP contribution >= 0.6 is 0 Å². The lowest BCUT2D eigenvalue weighted by Gasteiger charge is -2.34. The molecule has 15 heavy (non-hydrogen) atoms. The van der Waals surface area contributed by atoms with Crippen LogP contribution in [0.4, 0.5) is 0 Å². The molecule has 0 atom stereocenters. The van der Waals surface area contributed by atoms with E-state index in [1.807, 2.05) is 0 Å². The normalized spacial score (nSPS) is 20.1. The maximum atomic E-state index is 5.33. The van der Waals surface area contributed by atoms with Crippen LogP contribution in [0, 0.1) is 0 Å². The highest BCUT2D eigenvalue weighted by molar-refractivity contribution is 7.30. The average molecular weight is 247 g/mol. The van der Waals surface area contributed by atoms with Crippen molar-refractivity contribution in [3.8, 4) is 0 Å². The predicted molar refractivity (Wildman–Crippen MR) is 67.9 cm³/mol. The predicted octanol–water partition coefficient (Wildman–Crippen LogP) is 1.74. The van der Waals surface area contributed by atoms with Crippen molar-refractivity contribution >= 4 is 32.5 Å². The fourth-order valence-corrected chi connectivity index (χ4v) is 11.2. The van der Waals surface area contributed by atoms with E-state index in [2.05, 4.69) is 40.8 Å². The molecule has 5 radical (unpaired) electrons. The molecule has 0 N–H and O–H groups in total. The third kappa shape index (κ3) is 2.50. The zero-order chi connectivity index (χ0) is 10.6. The van der Waals surface area contributed by atoms with E-state index >= 15 is 0 Å². The van der Waals surface area contributed by atoms with Crippen LogP contribution < -0.4 is 5.19 Å². The first-order chi connectivity index (χ1) is 7.37. The van der Waals surface area contributed by atoms with Crippen molar-refractivity contribution in [2.75, 3.05) is 0 Å². The van der Waals surface area contributed by atoms with Crippen molar-refractivity contribution in [2.24, 2.45) is 0 Å². The molecule has 0 unspecified atom stereocenters. The van der Waals surface area contributed by atoms with E-state index in [9.17, 15) is 0 Å². The molecule has 0 saturated carbocycles. The summed E-state index contributed by atoms with van der Waals surface area (Å²) in [6.45, 7) is 0. The molecule has 1 aliphatic heterocycles. The van der Waals surface area contributed by atoms with Crippen LogP contribution in [-0.2, 0) is 4.12 Å². The number of hydrogen-bond acceptors (Lipinski definition) is 1. The molecule has 1 saturated heterocycles. The van der Waals surface area contributed by atoms with Gasteiger partial charge in [0.05, 0.1) is 0 Å². The van der Waals surface area contributed by atoms with Gasteiger partial charge in [-0.25, -0.2) is 0 Å². The minimum atomic E-state index is -1.30. The van der Waals surface area contributed by atoms with Gasteiger partial charge in [0.15, 0.2) is 0 Å². The van der Waals surface area contributed by atoms with Gasteiger partial charge in [-0.15, -0.1) is 0 Å². The fraction of sp³-hybridized carbons (Fsp3) is 0.455. The van der Waals surface area contributed by atoms with Crippen molar-refractivity contribution in [3.05, 3.63) is 30.3 Å². The molecule has 0 aromatic heterocycles. The van der Waals surface area contributed by atoms with E-state index in [1.54, 1.807) is 5.19 Å². The molecular weight excluding hydrogens is 232 g/mol. The molecule has 1 aliphatic rings. The topological polar surface area (TPSA) is 9.23 Å². The van der Waals surface area contributed by atoms with Crippen molar-refractivity contribution in [1.82, 2.24) is 0 Å². The van der Waals surface area contributed by atoms with E-state index in [0.717, 1.165) is 0 Å².